The molecule has 1 heterocycles. The fraction of sp³-hybridized carbons (Fsp3) is 0.263. The van der Waals surface area contributed by atoms with Gasteiger partial charge in [-0.3, -0.25) is 23.5 Å². The third-order valence-corrected chi connectivity index (χ3v) is 6.23. The van der Waals surface area contributed by atoms with Gasteiger partial charge in [0.2, 0.25) is 11.5 Å². The number of benzene rings is 1. The largest absolute Gasteiger partial charge is 0.471 e. The Kier molecular flexibility index (Phi) is 8.90. The molecule has 1 atom stereocenters. The Bertz CT molecular complexity index is 1020. The molecule has 2 aromatic rings. The highest BCUT2D eigenvalue weighted by Gasteiger charge is 2.22. The number of aryl methyl sites for hydroxylation is 1. The minimum Gasteiger partial charge on any atom is -0.382 e. The zero-order valence-electron chi connectivity index (χ0n) is 17.2. The summed E-state index contributed by atoms with van der Waals surface area (Å²) in [7, 11) is -3.15. The number of carbonyl (C=O) groups excluding carboxylic acids is 2. The van der Waals surface area contributed by atoms with Crippen LogP contribution in [0, 0.1) is 6.92 Å². The number of nitrogen functional groups attached to an aromatic ring is 1. The van der Waals surface area contributed by atoms with Gasteiger partial charge in [0.05, 0.1) is 12.8 Å². The fourth-order valence-corrected chi connectivity index (χ4v) is 3.81. The Balaban J connectivity index is 2.39. The number of nitrogens with zero attached hydrogens (tertiary/aromatic N) is 3. The maximum absolute atomic E-state index is 12.7. The summed E-state index contributed by atoms with van der Waals surface area (Å²) in [5.74, 6) is 0.530. The van der Waals surface area contributed by atoms with Crippen LogP contribution in [0.4, 0.5) is 11.5 Å². The van der Waals surface area contributed by atoms with Crippen molar-refractivity contribution in [2.75, 3.05) is 24.4 Å². The zero-order valence-corrected chi connectivity index (χ0v) is 18.9. The first-order valence-corrected chi connectivity index (χ1v) is 11.3. The fourth-order valence-electron chi connectivity index (χ4n) is 2.47. The number of carbonyl (C=O) groups is 2. The molecule has 0 saturated carbocycles. The summed E-state index contributed by atoms with van der Waals surface area (Å²) in [6.45, 7) is 3.05. The van der Waals surface area contributed by atoms with Gasteiger partial charge in [-0.05, 0) is 25.6 Å². The van der Waals surface area contributed by atoms with Crippen LogP contribution in [0.2, 0.25) is 0 Å². The molecule has 1 unspecified atom stereocenters. The van der Waals surface area contributed by atoms with Gasteiger partial charge >= 0.3 is 7.82 Å². The molecule has 0 radical (unpaired) electrons. The number of phosphoric acid groups is 1. The normalized spacial score (nSPS) is 13.8. The lowest BCUT2D eigenvalue weighted by atomic mass is 10.2. The van der Waals surface area contributed by atoms with E-state index >= 15 is 0 Å². The van der Waals surface area contributed by atoms with Gasteiger partial charge in [-0.15, -0.1) is 0 Å². The van der Waals surface area contributed by atoms with Crippen molar-refractivity contribution in [2.45, 2.75) is 20.3 Å². The molecule has 0 aliphatic rings. The number of aromatic nitrogens is 2. The first kappa shape index (κ1) is 24.7. The molecule has 31 heavy (non-hydrogen) atoms. The number of phosphoric ester groups is 1. The van der Waals surface area contributed by atoms with Gasteiger partial charge in [0.1, 0.15) is 11.5 Å². The van der Waals surface area contributed by atoms with Crippen LogP contribution in [0.1, 0.15) is 29.5 Å². The molecule has 10 nitrogen and oxygen atoms in total. The van der Waals surface area contributed by atoms with Crippen LogP contribution in [-0.4, -0.2) is 40.1 Å². The van der Waals surface area contributed by atoms with Crippen molar-refractivity contribution >= 4 is 42.6 Å². The Labute approximate surface area is 184 Å². The Morgan fingerprint density at radius 2 is 2.03 bits per heavy atom. The maximum Gasteiger partial charge on any atom is 0.471 e. The number of hydrogen-bond acceptors (Lipinski definition) is 9. The number of thioether (sulfide) groups is 1. The summed E-state index contributed by atoms with van der Waals surface area (Å²) in [6.07, 6.45) is 1.99. The Morgan fingerprint density at radius 1 is 1.35 bits per heavy atom. The highest BCUT2D eigenvalue weighted by Crippen LogP contribution is 2.43. The molecular formula is C19H23N4O6PS. The van der Waals surface area contributed by atoms with E-state index in [0.717, 1.165) is 18.9 Å². The number of nitrogens with two attached hydrogens (primary N) is 1. The Morgan fingerprint density at radius 3 is 2.61 bits per heavy atom. The van der Waals surface area contributed by atoms with Crippen LogP contribution in [0.5, 0.6) is 0 Å². The van der Waals surface area contributed by atoms with Gasteiger partial charge in [-0.25, -0.2) is 14.5 Å². The monoisotopic (exact) mass is 466 g/mol. The average molecular weight is 466 g/mol. The average Bonchev–Trinajstić information content (AvgIpc) is 2.75. The van der Waals surface area contributed by atoms with E-state index in [0.29, 0.717) is 28.4 Å². The van der Waals surface area contributed by atoms with Gasteiger partial charge in [-0.1, -0.05) is 30.3 Å². The van der Waals surface area contributed by atoms with Gasteiger partial charge in [0.15, 0.2) is 5.82 Å². The summed E-state index contributed by atoms with van der Waals surface area (Å²) in [6, 6.07) is 8.57. The molecule has 0 saturated heterocycles. The van der Waals surface area contributed by atoms with Crippen molar-refractivity contribution in [3.05, 3.63) is 58.5 Å². The molecule has 1 aromatic heterocycles. The van der Waals surface area contributed by atoms with E-state index in [4.69, 9.17) is 10.3 Å². The van der Waals surface area contributed by atoms with E-state index < -0.39 is 7.82 Å². The summed E-state index contributed by atoms with van der Waals surface area (Å²) in [5.41, 5.74) is 7.02. The minimum absolute atomic E-state index is 0.0555. The molecule has 12 heteroatoms. The molecule has 0 fully saturated rings. The van der Waals surface area contributed by atoms with Crippen molar-refractivity contribution in [3.63, 3.8) is 0 Å². The predicted molar refractivity (Wildman–Crippen MR) is 118 cm³/mol. The molecule has 0 bridgehead atoms. The second kappa shape index (κ2) is 11.2. The quantitative estimate of drug-likeness (QED) is 0.395. The number of anilines is 2. The smallest absolute Gasteiger partial charge is 0.382 e. The standard InChI is InChI=1S/C19H23N4O6PS/c1-13(23(12-24)16-11-21-14(2)22-18(16)20)17(9-10-29-30(26,27)28-3)31-19(25)15-7-5-4-6-8-15/h4-8,11-12H,9-10H2,1-3H3,(H,26,27)(H2,20,21,22)/b17-13+. The third-order valence-electron chi connectivity index (χ3n) is 4.09. The molecule has 1 aromatic carbocycles. The second-order valence-corrected chi connectivity index (χ2v) is 8.79. The van der Waals surface area contributed by atoms with E-state index in [9.17, 15) is 19.0 Å². The lowest BCUT2D eigenvalue weighted by Gasteiger charge is -2.22. The summed E-state index contributed by atoms with van der Waals surface area (Å²) < 4.78 is 20.9. The van der Waals surface area contributed by atoms with E-state index in [1.807, 2.05) is 0 Å². The summed E-state index contributed by atoms with van der Waals surface area (Å²) in [5, 5.41) is -0.271. The van der Waals surface area contributed by atoms with Crippen molar-refractivity contribution in [1.29, 1.82) is 0 Å². The molecule has 0 aliphatic carbocycles. The molecular weight excluding hydrogens is 443 g/mol. The van der Waals surface area contributed by atoms with E-state index in [1.165, 1.54) is 11.1 Å². The zero-order chi connectivity index (χ0) is 23.0. The second-order valence-electron chi connectivity index (χ2n) is 6.16. The number of hydrogen-bond donors (Lipinski definition) is 2. The molecule has 0 spiro atoms. The highest BCUT2D eigenvalue weighted by atomic mass is 32.2. The van der Waals surface area contributed by atoms with Crippen molar-refractivity contribution in [2.24, 2.45) is 0 Å². The predicted octanol–water partition coefficient (Wildman–Crippen LogP) is 3.29. The van der Waals surface area contributed by atoms with Crippen molar-refractivity contribution < 1.29 is 28.1 Å². The van der Waals surface area contributed by atoms with Gasteiger partial charge in [-0.2, -0.15) is 0 Å². The SMILES string of the molecule is COP(=O)(O)OCC/C(SC(=O)c1ccccc1)=C(/C)N(C=O)c1cnc(C)nc1N. The van der Waals surface area contributed by atoms with Crippen molar-refractivity contribution in [3.8, 4) is 0 Å². The summed E-state index contributed by atoms with van der Waals surface area (Å²) in [4.78, 5) is 43.8. The first-order valence-electron chi connectivity index (χ1n) is 9.02. The molecule has 0 aliphatic heterocycles. The first-order chi connectivity index (χ1) is 14.7. The number of rotatable bonds is 10. The van der Waals surface area contributed by atoms with Gasteiger partial charge < -0.3 is 10.6 Å². The maximum atomic E-state index is 12.7. The third kappa shape index (κ3) is 6.98. The van der Waals surface area contributed by atoms with Crippen LogP contribution < -0.4 is 10.6 Å². The number of allylic oxidation sites excluding steroid dienone is 1. The molecule has 1 amide bonds. The lowest BCUT2D eigenvalue weighted by molar-refractivity contribution is -0.107. The molecule has 2 rings (SSSR count). The van der Waals surface area contributed by atoms with E-state index in [2.05, 4.69) is 14.5 Å². The highest BCUT2D eigenvalue weighted by molar-refractivity contribution is 8.17. The van der Waals surface area contributed by atoms with Crippen LogP contribution in [0.25, 0.3) is 0 Å². The molecule has 3 N–H and O–H groups in total. The van der Waals surface area contributed by atoms with Crippen LogP contribution >= 0.6 is 19.6 Å². The Hall–Kier alpha value is -2.56. The number of amides is 1. The minimum atomic E-state index is -4.19. The van der Waals surface area contributed by atoms with Crippen LogP contribution in [0.15, 0.2) is 47.1 Å². The van der Waals surface area contributed by atoms with Gasteiger partial charge in [0.25, 0.3) is 0 Å². The van der Waals surface area contributed by atoms with Gasteiger partial charge in [0, 0.05) is 29.7 Å². The van der Waals surface area contributed by atoms with Crippen LogP contribution in [-0.2, 0) is 18.4 Å². The van der Waals surface area contributed by atoms with E-state index in [-0.39, 0.29) is 29.6 Å². The lowest BCUT2D eigenvalue weighted by Crippen LogP contribution is -2.22. The van der Waals surface area contributed by atoms with Crippen molar-refractivity contribution in [1.82, 2.24) is 9.97 Å². The summed E-state index contributed by atoms with van der Waals surface area (Å²) >= 11 is 0.878. The topological polar surface area (TPSA) is 145 Å². The molecule has 166 valence electrons. The van der Waals surface area contributed by atoms with E-state index in [1.54, 1.807) is 44.2 Å². The van der Waals surface area contributed by atoms with Crippen LogP contribution in [0.3, 0.4) is 0 Å².